The Kier molecular flexibility index (Phi) is 7.52. The van der Waals surface area contributed by atoms with Crippen LogP contribution >= 0.6 is 0 Å². The number of nitrogens with zero attached hydrogens (tertiary/aromatic N) is 3. The highest BCUT2D eigenvalue weighted by Crippen LogP contribution is 2.39. The molecule has 0 radical (unpaired) electrons. The number of likely N-dealkylation sites (N-methyl/N-ethyl adjacent to an activating group) is 1. The fourth-order valence-corrected chi connectivity index (χ4v) is 3.64. The van der Waals surface area contributed by atoms with Crippen LogP contribution in [-0.4, -0.2) is 61.4 Å². The molecule has 3 amide bonds. The molecule has 1 aliphatic heterocycles. The van der Waals surface area contributed by atoms with Crippen LogP contribution in [0.25, 0.3) is 0 Å². The Balaban J connectivity index is 1.97. The lowest BCUT2D eigenvalue weighted by Crippen LogP contribution is -2.45. The van der Waals surface area contributed by atoms with Gasteiger partial charge < -0.3 is 19.7 Å². The molecule has 1 N–H and O–H groups in total. The van der Waals surface area contributed by atoms with E-state index in [1.807, 2.05) is 13.8 Å². The van der Waals surface area contributed by atoms with E-state index in [2.05, 4.69) is 10.4 Å². The zero-order chi connectivity index (χ0) is 24.1. The number of hydrogen-bond donors (Lipinski definition) is 1. The average Bonchev–Trinajstić information content (AvgIpc) is 3.23. The van der Waals surface area contributed by atoms with Crippen molar-refractivity contribution in [2.24, 2.45) is 5.10 Å². The standard InChI is InChI=1S/C24H29FN4O4/c1-15(2)26-24(31)28(3)14-23(30)29-21(18-12-16(32-4)10-11-22(18)33-5)13-20(27-29)17-8-6-7-9-19(17)25/h6-12,15,21H,13-14H2,1-5H3,(H,26,31)/t21-/m1/s1. The number of nitrogens with one attached hydrogen (secondary N) is 1. The van der Waals surface area contributed by atoms with Crippen molar-refractivity contribution in [1.29, 1.82) is 0 Å². The fourth-order valence-electron chi connectivity index (χ4n) is 3.64. The summed E-state index contributed by atoms with van der Waals surface area (Å²) in [6.07, 6.45) is 0.276. The number of ether oxygens (including phenoxy) is 2. The van der Waals surface area contributed by atoms with Gasteiger partial charge in [-0.25, -0.2) is 14.2 Å². The summed E-state index contributed by atoms with van der Waals surface area (Å²) in [5, 5.41) is 8.54. The van der Waals surface area contributed by atoms with Crippen molar-refractivity contribution in [3.8, 4) is 11.5 Å². The largest absolute Gasteiger partial charge is 0.497 e. The molecule has 0 spiro atoms. The summed E-state index contributed by atoms with van der Waals surface area (Å²) in [6, 6.07) is 10.6. The molecule has 1 aliphatic rings. The highest BCUT2D eigenvalue weighted by molar-refractivity contribution is 6.03. The van der Waals surface area contributed by atoms with Crippen molar-refractivity contribution in [3.05, 3.63) is 59.4 Å². The van der Waals surface area contributed by atoms with Crippen LogP contribution in [0.1, 0.15) is 37.4 Å². The average molecular weight is 457 g/mol. The van der Waals surface area contributed by atoms with Gasteiger partial charge in [0.15, 0.2) is 0 Å². The molecule has 33 heavy (non-hydrogen) atoms. The van der Waals surface area contributed by atoms with Gasteiger partial charge in [0.2, 0.25) is 0 Å². The minimum absolute atomic E-state index is 0.0682. The molecule has 9 heteroatoms. The summed E-state index contributed by atoms with van der Waals surface area (Å²) < 4.78 is 25.4. The van der Waals surface area contributed by atoms with Gasteiger partial charge in [-0.1, -0.05) is 18.2 Å². The lowest BCUT2D eigenvalue weighted by molar-refractivity contribution is -0.133. The maximum atomic E-state index is 14.5. The number of benzene rings is 2. The zero-order valence-corrected chi connectivity index (χ0v) is 19.5. The van der Waals surface area contributed by atoms with E-state index in [9.17, 15) is 14.0 Å². The number of carbonyl (C=O) groups excluding carboxylic acids is 2. The zero-order valence-electron chi connectivity index (χ0n) is 19.5. The van der Waals surface area contributed by atoms with Crippen LogP contribution in [-0.2, 0) is 4.79 Å². The number of hydrogen-bond acceptors (Lipinski definition) is 5. The van der Waals surface area contributed by atoms with Gasteiger partial charge in [-0.2, -0.15) is 5.10 Å². The maximum Gasteiger partial charge on any atom is 0.317 e. The van der Waals surface area contributed by atoms with Gasteiger partial charge in [0.05, 0.1) is 26.0 Å². The molecule has 8 nitrogen and oxygen atoms in total. The third kappa shape index (κ3) is 5.42. The fraction of sp³-hybridized carbons (Fsp3) is 0.375. The van der Waals surface area contributed by atoms with E-state index in [-0.39, 0.29) is 25.0 Å². The topological polar surface area (TPSA) is 83.5 Å². The van der Waals surface area contributed by atoms with Crippen molar-refractivity contribution < 1.29 is 23.5 Å². The van der Waals surface area contributed by atoms with Crippen LogP contribution in [0.15, 0.2) is 47.6 Å². The predicted octanol–water partition coefficient (Wildman–Crippen LogP) is 3.57. The summed E-state index contributed by atoms with van der Waals surface area (Å²) in [5.74, 6) is 0.313. The number of carbonyl (C=O) groups is 2. The molecule has 0 saturated carbocycles. The van der Waals surface area contributed by atoms with Crippen molar-refractivity contribution >= 4 is 17.6 Å². The second-order valence-electron chi connectivity index (χ2n) is 8.05. The van der Waals surface area contributed by atoms with Gasteiger partial charge in [-0.05, 0) is 38.1 Å². The van der Waals surface area contributed by atoms with Crippen molar-refractivity contribution in [1.82, 2.24) is 15.2 Å². The Morgan fingerprint density at radius 3 is 2.58 bits per heavy atom. The van der Waals surface area contributed by atoms with Crippen LogP contribution in [0.3, 0.4) is 0 Å². The van der Waals surface area contributed by atoms with Gasteiger partial charge in [-0.3, -0.25) is 4.79 Å². The Labute approximate surface area is 193 Å². The maximum absolute atomic E-state index is 14.5. The molecule has 1 atom stereocenters. The van der Waals surface area contributed by atoms with E-state index >= 15 is 0 Å². The first kappa shape index (κ1) is 24.0. The first-order valence-corrected chi connectivity index (χ1v) is 10.6. The Morgan fingerprint density at radius 2 is 1.94 bits per heavy atom. The number of urea groups is 1. The molecule has 176 valence electrons. The molecule has 2 aromatic carbocycles. The van der Waals surface area contributed by atoms with E-state index in [0.29, 0.717) is 28.3 Å². The first-order chi connectivity index (χ1) is 15.7. The summed E-state index contributed by atoms with van der Waals surface area (Å²) >= 11 is 0. The first-order valence-electron chi connectivity index (χ1n) is 10.6. The van der Waals surface area contributed by atoms with Crippen LogP contribution < -0.4 is 14.8 Å². The van der Waals surface area contributed by atoms with Gasteiger partial charge in [0.1, 0.15) is 23.9 Å². The van der Waals surface area contributed by atoms with E-state index in [0.717, 1.165) is 0 Å². The second kappa shape index (κ2) is 10.3. The SMILES string of the molecule is COc1ccc(OC)c([C@H]2CC(c3ccccc3F)=NN2C(=O)CN(C)C(=O)NC(C)C)c1. The van der Waals surface area contributed by atoms with Crippen LogP contribution in [0, 0.1) is 5.82 Å². The van der Waals surface area contributed by atoms with Gasteiger partial charge in [-0.15, -0.1) is 0 Å². The minimum atomic E-state index is -0.557. The van der Waals surface area contributed by atoms with Gasteiger partial charge in [0, 0.05) is 30.6 Å². The lowest BCUT2D eigenvalue weighted by Gasteiger charge is -2.26. The molecule has 0 aromatic heterocycles. The monoisotopic (exact) mass is 456 g/mol. The Morgan fingerprint density at radius 1 is 1.21 bits per heavy atom. The Hall–Kier alpha value is -3.62. The molecule has 0 bridgehead atoms. The summed E-state index contributed by atoms with van der Waals surface area (Å²) in [4.78, 5) is 26.9. The van der Waals surface area contributed by atoms with Crippen molar-refractivity contribution in [3.63, 3.8) is 0 Å². The highest BCUT2D eigenvalue weighted by Gasteiger charge is 2.36. The molecular weight excluding hydrogens is 427 g/mol. The molecule has 3 rings (SSSR count). The predicted molar refractivity (Wildman–Crippen MR) is 123 cm³/mol. The number of methoxy groups -OCH3 is 2. The molecule has 0 aliphatic carbocycles. The smallest absolute Gasteiger partial charge is 0.317 e. The third-order valence-corrected chi connectivity index (χ3v) is 5.28. The molecule has 0 saturated heterocycles. The van der Waals surface area contributed by atoms with Crippen LogP contribution in [0.5, 0.6) is 11.5 Å². The third-order valence-electron chi connectivity index (χ3n) is 5.28. The number of amides is 3. The highest BCUT2D eigenvalue weighted by atomic mass is 19.1. The normalized spacial score (nSPS) is 15.3. The summed E-state index contributed by atoms with van der Waals surface area (Å²) in [5.41, 5.74) is 1.44. The second-order valence-corrected chi connectivity index (χ2v) is 8.05. The van der Waals surface area contributed by atoms with Crippen molar-refractivity contribution in [2.75, 3.05) is 27.8 Å². The van der Waals surface area contributed by atoms with Gasteiger partial charge >= 0.3 is 6.03 Å². The van der Waals surface area contributed by atoms with Crippen molar-refractivity contribution in [2.45, 2.75) is 32.4 Å². The molecule has 1 heterocycles. The van der Waals surface area contributed by atoms with E-state index < -0.39 is 17.8 Å². The number of rotatable bonds is 7. The molecule has 0 unspecified atom stereocenters. The van der Waals surface area contributed by atoms with Crippen LogP contribution in [0.2, 0.25) is 0 Å². The molecule has 0 fully saturated rings. The van der Waals surface area contributed by atoms with E-state index in [4.69, 9.17) is 9.47 Å². The number of hydrazone groups is 1. The quantitative estimate of drug-likeness (QED) is 0.691. The van der Waals surface area contributed by atoms with E-state index in [1.165, 1.54) is 30.1 Å². The summed E-state index contributed by atoms with van der Waals surface area (Å²) in [7, 11) is 4.62. The van der Waals surface area contributed by atoms with Gasteiger partial charge in [0.25, 0.3) is 5.91 Å². The lowest BCUT2D eigenvalue weighted by atomic mass is 9.97. The summed E-state index contributed by atoms with van der Waals surface area (Å²) in [6.45, 7) is 3.48. The molecule has 2 aromatic rings. The van der Waals surface area contributed by atoms with E-state index in [1.54, 1.807) is 43.5 Å². The number of halogens is 1. The van der Waals surface area contributed by atoms with Crippen LogP contribution in [0.4, 0.5) is 9.18 Å². The minimum Gasteiger partial charge on any atom is -0.497 e. The Bertz CT molecular complexity index is 1060. The molecular formula is C24H29FN4O4.